The standard InChI is InChI=1S/C12H16F2O2/c1-8(2)12(15,7-16-3)9-4-5-10(13)11(14)6-9/h4-6,8,15H,7H2,1-3H3. The Labute approximate surface area is 93.9 Å². The van der Waals surface area contributed by atoms with Gasteiger partial charge in [-0.3, -0.25) is 0 Å². The maximum absolute atomic E-state index is 13.1. The molecule has 2 nitrogen and oxygen atoms in total. The van der Waals surface area contributed by atoms with Crippen molar-refractivity contribution >= 4 is 0 Å². The molecule has 0 fully saturated rings. The summed E-state index contributed by atoms with van der Waals surface area (Å²) in [7, 11) is 1.45. The molecule has 1 rings (SSSR count). The summed E-state index contributed by atoms with van der Waals surface area (Å²) < 4.78 is 30.8. The van der Waals surface area contributed by atoms with Crippen LogP contribution in [0.3, 0.4) is 0 Å². The number of benzene rings is 1. The van der Waals surface area contributed by atoms with Crippen molar-refractivity contribution in [2.24, 2.45) is 5.92 Å². The lowest BCUT2D eigenvalue weighted by molar-refractivity contribution is -0.0702. The van der Waals surface area contributed by atoms with Crippen LogP contribution < -0.4 is 0 Å². The average Bonchev–Trinajstić information content (AvgIpc) is 2.22. The smallest absolute Gasteiger partial charge is 0.159 e. The first-order valence-corrected chi connectivity index (χ1v) is 5.08. The van der Waals surface area contributed by atoms with E-state index in [1.807, 2.05) is 0 Å². The van der Waals surface area contributed by atoms with E-state index in [2.05, 4.69) is 0 Å². The van der Waals surface area contributed by atoms with E-state index in [0.717, 1.165) is 12.1 Å². The SMILES string of the molecule is COCC(O)(c1ccc(F)c(F)c1)C(C)C. The summed E-state index contributed by atoms with van der Waals surface area (Å²) in [5, 5.41) is 10.4. The molecule has 0 radical (unpaired) electrons. The predicted octanol–water partition coefficient (Wildman–Crippen LogP) is 2.45. The van der Waals surface area contributed by atoms with E-state index in [9.17, 15) is 13.9 Å². The van der Waals surface area contributed by atoms with Gasteiger partial charge >= 0.3 is 0 Å². The molecule has 0 amide bonds. The summed E-state index contributed by atoms with van der Waals surface area (Å²) in [4.78, 5) is 0. The van der Waals surface area contributed by atoms with Crippen LogP contribution in [0.15, 0.2) is 18.2 Å². The van der Waals surface area contributed by atoms with Gasteiger partial charge in [-0.1, -0.05) is 19.9 Å². The fourth-order valence-electron chi connectivity index (χ4n) is 1.57. The Kier molecular flexibility index (Phi) is 3.99. The van der Waals surface area contributed by atoms with Crippen molar-refractivity contribution in [2.75, 3.05) is 13.7 Å². The third-order valence-corrected chi connectivity index (χ3v) is 2.74. The van der Waals surface area contributed by atoms with Crippen LogP contribution in [0.5, 0.6) is 0 Å². The number of ether oxygens (including phenoxy) is 1. The third-order valence-electron chi connectivity index (χ3n) is 2.74. The van der Waals surface area contributed by atoms with Gasteiger partial charge < -0.3 is 9.84 Å². The molecule has 0 aliphatic carbocycles. The minimum Gasteiger partial charge on any atom is -0.382 e. The summed E-state index contributed by atoms with van der Waals surface area (Å²) in [6.07, 6.45) is 0. The lowest BCUT2D eigenvalue weighted by Gasteiger charge is -2.32. The number of rotatable bonds is 4. The van der Waals surface area contributed by atoms with Gasteiger partial charge in [0.2, 0.25) is 0 Å². The fourth-order valence-corrected chi connectivity index (χ4v) is 1.57. The number of methoxy groups -OCH3 is 1. The van der Waals surface area contributed by atoms with E-state index in [4.69, 9.17) is 4.74 Å². The van der Waals surface area contributed by atoms with Crippen molar-refractivity contribution in [1.82, 2.24) is 0 Å². The Hall–Kier alpha value is -1.00. The zero-order valence-corrected chi connectivity index (χ0v) is 9.63. The van der Waals surface area contributed by atoms with Gasteiger partial charge in [-0.2, -0.15) is 0 Å². The molecule has 1 N–H and O–H groups in total. The van der Waals surface area contributed by atoms with E-state index in [1.165, 1.54) is 13.2 Å². The molecule has 90 valence electrons. The van der Waals surface area contributed by atoms with E-state index in [0.29, 0.717) is 5.56 Å². The van der Waals surface area contributed by atoms with Crippen molar-refractivity contribution in [3.8, 4) is 0 Å². The monoisotopic (exact) mass is 230 g/mol. The molecule has 0 saturated carbocycles. The Morgan fingerprint density at radius 3 is 2.38 bits per heavy atom. The van der Waals surface area contributed by atoms with Crippen LogP contribution in [-0.2, 0) is 10.3 Å². The van der Waals surface area contributed by atoms with Gasteiger partial charge in [-0.05, 0) is 23.6 Å². The summed E-state index contributed by atoms with van der Waals surface area (Å²) in [6, 6.07) is 3.39. The highest BCUT2D eigenvalue weighted by molar-refractivity contribution is 5.25. The van der Waals surface area contributed by atoms with E-state index >= 15 is 0 Å². The van der Waals surface area contributed by atoms with Crippen molar-refractivity contribution in [3.63, 3.8) is 0 Å². The van der Waals surface area contributed by atoms with Crippen LogP contribution in [0.4, 0.5) is 8.78 Å². The van der Waals surface area contributed by atoms with E-state index in [1.54, 1.807) is 13.8 Å². The first-order chi connectivity index (χ1) is 7.41. The van der Waals surface area contributed by atoms with E-state index in [-0.39, 0.29) is 12.5 Å². The van der Waals surface area contributed by atoms with Crippen LogP contribution in [0.1, 0.15) is 19.4 Å². The van der Waals surface area contributed by atoms with Gasteiger partial charge in [0.05, 0.1) is 6.61 Å². The van der Waals surface area contributed by atoms with E-state index < -0.39 is 17.2 Å². The van der Waals surface area contributed by atoms with Crippen LogP contribution in [0.2, 0.25) is 0 Å². The Balaban J connectivity index is 3.16. The number of hydrogen-bond donors (Lipinski definition) is 1. The van der Waals surface area contributed by atoms with Crippen LogP contribution >= 0.6 is 0 Å². The fraction of sp³-hybridized carbons (Fsp3) is 0.500. The summed E-state index contributed by atoms with van der Waals surface area (Å²) in [5.41, 5.74) is -0.980. The molecular formula is C12H16F2O2. The van der Waals surface area contributed by atoms with Crippen molar-refractivity contribution in [2.45, 2.75) is 19.4 Å². The first kappa shape index (κ1) is 13.1. The maximum atomic E-state index is 13.1. The minimum absolute atomic E-state index is 0.0374. The van der Waals surface area contributed by atoms with Gasteiger partial charge in [-0.25, -0.2) is 8.78 Å². The van der Waals surface area contributed by atoms with Gasteiger partial charge in [0, 0.05) is 7.11 Å². The number of aliphatic hydroxyl groups is 1. The molecule has 1 unspecified atom stereocenters. The second kappa shape index (κ2) is 4.89. The molecule has 4 heteroatoms. The predicted molar refractivity (Wildman–Crippen MR) is 57.0 cm³/mol. The Morgan fingerprint density at radius 1 is 1.31 bits per heavy atom. The molecule has 0 saturated heterocycles. The number of halogens is 2. The highest BCUT2D eigenvalue weighted by Crippen LogP contribution is 2.30. The largest absolute Gasteiger partial charge is 0.382 e. The molecule has 0 aromatic heterocycles. The molecule has 1 aromatic rings. The molecule has 0 spiro atoms. The normalized spacial score (nSPS) is 15.2. The molecule has 1 aromatic carbocycles. The lowest BCUT2D eigenvalue weighted by atomic mass is 9.84. The molecule has 0 aliphatic heterocycles. The zero-order chi connectivity index (χ0) is 12.3. The van der Waals surface area contributed by atoms with Crippen molar-refractivity contribution < 1.29 is 18.6 Å². The third kappa shape index (κ3) is 2.39. The second-order valence-corrected chi connectivity index (χ2v) is 4.14. The molecule has 1 atom stereocenters. The Morgan fingerprint density at radius 2 is 1.94 bits per heavy atom. The van der Waals surface area contributed by atoms with Gasteiger partial charge in [0.15, 0.2) is 11.6 Å². The quantitative estimate of drug-likeness (QED) is 0.861. The maximum Gasteiger partial charge on any atom is 0.159 e. The zero-order valence-electron chi connectivity index (χ0n) is 9.63. The van der Waals surface area contributed by atoms with Gasteiger partial charge in [0.25, 0.3) is 0 Å². The number of hydrogen-bond acceptors (Lipinski definition) is 2. The summed E-state index contributed by atoms with van der Waals surface area (Å²) >= 11 is 0. The first-order valence-electron chi connectivity index (χ1n) is 5.08. The molecule has 16 heavy (non-hydrogen) atoms. The lowest BCUT2D eigenvalue weighted by Crippen LogP contribution is -2.37. The minimum atomic E-state index is -1.30. The molecule has 0 aliphatic rings. The molecule has 0 heterocycles. The van der Waals surface area contributed by atoms with Crippen molar-refractivity contribution in [3.05, 3.63) is 35.4 Å². The average molecular weight is 230 g/mol. The van der Waals surface area contributed by atoms with Gasteiger partial charge in [0.1, 0.15) is 5.60 Å². The second-order valence-electron chi connectivity index (χ2n) is 4.14. The molecular weight excluding hydrogens is 214 g/mol. The van der Waals surface area contributed by atoms with Crippen LogP contribution in [-0.4, -0.2) is 18.8 Å². The highest BCUT2D eigenvalue weighted by atomic mass is 19.2. The van der Waals surface area contributed by atoms with Crippen molar-refractivity contribution in [1.29, 1.82) is 0 Å². The highest BCUT2D eigenvalue weighted by Gasteiger charge is 2.33. The summed E-state index contributed by atoms with van der Waals surface area (Å²) in [5.74, 6) is -2.06. The topological polar surface area (TPSA) is 29.5 Å². The van der Waals surface area contributed by atoms with Crippen LogP contribution in [0, 0.1) is 17.6 Å². The Bertz CT molecular complexity index is 366. The van der Waals surface area contributed by atoms with Crippen LogP contribution in [0.25, 0.3) is 0 Å². The summed E-state index contributed by atoms with van der Waals surface area (Å²) in [6.45, 7) is 3.62. The molecule has 0 bridgehead atoms. The van der Waals surface area contributed by atoms with Gasteiger partial charge in [-0.15, -0.1) is 0 Å².